The number of benzene rings is 1. The van der Waals surface area contributed by atoms with Crippen molar-refractivity contribution in [2.45, 2.75) is 39.2 Å². The molecular formula is C19H26FN3O2. The van der Waals surface area contributed by atoms with Crippen molar-refractivity contribution in [1.29, 1.82) is 0 Å². The highest BCUT2D eigenvalue weighted by atomic mass is 19.1. The molecule has 1 aliphatic heterocycles. The molecule has 1 atom stereocenters. The number of hydrogen-bond donors (Lipinski definition) is 1. The normalized spacial score (nSPS) is 16.8. The third kappa shape index (κ3) is 4.31. The van der Waals surface area contributed by atoms with Crippen molar-refractivity contribution in [1.82, 2.24) is 4.98 Å². The van der Waals surface area contributed by atoms with E-state index in [1.54, 1.807) is 12.3 Å². The SMILES string of the molecule is CC(Nc1cc(F)cc(N2CCOCC2)c1)c1ncc(C(C)(C)C)o1. The molecule has 2 heterocycles. The predicted molar refractivity (Wildman–Crippen MR) is 96.7 cm³/mol. The highest BCUT2D eigenvalue weighted by molar-refractivity contribution is 5.59. The molecule has 1 aromatic heterocycles. The standard InChI is InChI=1S/C19H26FN3O2/c1-13(18-21-12-17(25-18)19(2,3)4)22-15-9-14(20)10-16(11-15)23-5-7-24-8-6-23/h9-13,22H,5-8H2,1-4H3. The monoisotopic (exact) mass is 347 g/mol. The zero-order chi connectivity index (χ0) is 18.0. The van der Waals surface area contributed by atoms with Crippen LogP contribution in [0.5, 0.6) is 0 Å². The molecular weight excluding hydrogens is 321 g/mol. The average molecular weight is 347 g/mol. The van der Waals surface area contributed by atoms with Crippen molar-refractivity contribution in [3.8, 4) is 0 Å². The van der Waals surface area contributed by atoms with E-state index in [-0.39, 0.29) is 17.3 Å². The predicted octanol–water partition coefficient (Wildman–Crippen LogP) is 4.12. The van der Waals surface area contributed by atoms with E-state index in [0.717, 1.165) is 24.5 Å². The van der Waals surface area contributed by atoms with Gasteiger partial charge in [0.25, 0.3) is 0 Å². The van der Waals surface area contributed by atoms with E-state index in [4.69, 9.17) is 9.15 Å². The zero-order valence-electron chi connectivity index (χ0n) is 15.3. The molecule has 0 saturated carbocycles. The number of nitrogens with zero attached hydrogens (tertiary/aromatic N) is 2. The summed E-state index contributed by atoms with van der Waals surface area (Å²) in [5, 5.41) is 3.29. The Morgan fingerprint density at radius 1 is 1.20 bits per heavy atom. The minimum Gasteiger partial charge on any atom is -0.443 e. The Labute approximate surface area is 148 Å². The Balaban J connectivity index is 1.75. The van der Waals surface area contributed by atoms with Crippen molar-refractivity contribution in [3.05, 3.63) is 41.9 Å². The minimum atomic E-state index is -0.263. The zero-order valence-corrected chi connectivity index (χ0v) is 15.3. The Morgan fingerprint density at radius 2 is 1.92 bits per heavy atom. The number of halogens is 1. The smallest absolute Gasteiger partial charge is 0.216 e. The molecule has 1 saturated heterocycles. The average Bonchev–Trinajstić information content (AvgIpc) is 3.05. The number of aromatic nitrogens is 1. The Kier molecular flexibility index (Phi) is 4.99. The molecule has 0 spiro atoms. The second kappa shape index (κ2) is 7.04. The van der Waals surface area contributed by atoms with Gasteiger partial charge in [0.2, 0.25) is 5.89 Å². The van der Waals surface area contributed by atoms with Crippen LogP contribution in [-0.4, -0.2) is 31.3 Å². The second-order valence-corrected chi connectivity index (χ2v) is 7.48. The van der Waals surface area contributed by atoms with Crippen molar-refractivity contribution in [2.75, 3.05) is 36.5 Å². The van der Waals surface area contributed by atoms with E-state index in [1.165, 1.54) is 6.07 Å². The van der Waals surface area contributed by atoms with Gasteiger partial charge < -0.3 is 19.4 Å². The summed E-state index contributed by atoms with van der Waals surface area (Å²) in [6.07, 6.45) is 1.76. The number of ether oxygens (including phenoxy) is 1. The minimum absolute atomic E-state index is 0.0900. The van der Waals surface area contributed by atoms with Crippen LogP contribution >= 0.6 is 0 Å². The topological polar surface area (TPSA) is 50.5 Å². The maximum atomic E-state index is 14.1. The maximum absolute atomic E-state index is 14.1. The molecule has 1 aliphatic rings. The first-order valence-corrected chi connectivity index (χ1v) is 8.69. The van der Waals surface area contributed by atoms with Crippen LogP contribution in [0.25, 0.3) is 0 Å². The molecule has 1 fully saturated rings. The molecule has 0 bridgehead atoms. The summed E-state index contributed by atoms with van der Waals surface area (Å²) in [4.78, 5) is 6.49. The lowest BCUT2D eigenvalue weighted by Crippen LogP contribution is -2.36. The van der Waals surface area contributed by atoms with Gasteiger partial charge in [0.1, 0.15) is 17.6 Å². The number of anilines is 2. The summed E-state index contributed by atoms with van der Waals surface area (Å²) in [7, 11) is 0. The van der Waals surface area contributed by atoms with Gasteiger partial charge in [-0.15, -0.1) is 0 Å². The number of rotatable bonds is 4. The summed E-state index contributed by atoms with van der Waals surface area (Å²) in [6, 6.07) is 4.85. The lowest BCUT2D eigenvalue weighted by Gasteiger charge is -2.29. The third-order valence-electron chi connectivity index (χ3n) is 4.28. The van der Waals surface area contributed by atoms with Gasteiger partial charge in [0.15, 0.2) is 0 Å². The number of hydrogen-bond acceptors (Lipinski definition) is 5. The number of morpholine rings is 1. The molecule has 0 aliphatic carbocycles. The third-order valence-corrected chi connectivity index (χ3v) is 4.28. The van der Waals surface area contributed by atoms with Crippen LogP contribution in [0.1, 0.15) is 45.4 Å². The van der Waals surface area contributed by atoms with Gasteiger partial charge in [0.05, 0.1) is 19.4 Å². The lowest BCUT2D eigenvalue weighted by atomic mass is 9.94. The molecule has 6 heteroatoms. The Hall–Kier alpha value is -2.08. The molecule has 1 unspecified atom stereocenters. The molecule has 5 nitrogen and oxygen atoms in total. The van der Waals surface area contributed by atoms with Crippen molar-refractivity contribution in [2.24, 2.45) is 0 Å². The molecule has 1 N–H and O–H groups in total. The number of oxazole rings is 1. The van der Waals surface area contributed by atoms with Gasteiger partial charge in [-0.25, -0.2) is 9.37 Å². The van der Waals surface area contributed by atoms with Crippen LogP contribution in [0, 0.1) is 5.82 Å². The highest BCUT2D eigenvalue weighted by Crippen LogP contribution is 2.28. The summed E-state index contributed by atoms with van der Waals surface area (Å²) in [5.41, 5.74) is 1.48. The maximum Gasteiger partial charge on any atom is 0.216 e. The summed E-state index contributed by atoms with van der Waals surface area (Å²) < 4.78 is 25.3. The molecule has 2 aromatic rings. The molecule has 0 amide bonds. The van der Waals surface area contributed by atoms with Crippen LogP contribution in [0.3, 0.4) is 0 Å². The van der Waals surface area contributed by atoms with Gasteiger partial charge in [-0.1, -0.05) is 20.8 Å². The summed E-state index contributed by atoms with van der Waals surface area (Å²) in [5.74, 6) is 1.17. The lowest BCUT2D eigenvalue weighted by molar-refractivity contribution is 0.122. The largest absolute Gasteiger partial charge is 0.443 e. The van der Waals surface area contributed by atoms with Gasteiger partial charge >= 0.3 is 0 Å². The van der Waals surface area contributed by atoms with E-state index in [2.05, 4.69) is 36.0 Å². The number of nitrogens with one attached hydrogen (secondary N) is 1. The van der Waals surface area contributed by atoms with Crippen LogP contribution < -0.4 is 10.2 Å². The highest BCUT2D eigenvalue weighted by Gasteiger charge is 2.21. The van der Waals surface area contributed by atoms with E-state index < -0.39 is 0 Å². The first-order valence-electron chi connectivity index (χ1n) is 8.69. The molecule has 136 valence electrons. The van der Waals surface area contributed by atoms with Crippen LogP contribution in [-0.2, 0) is 10.2 Å². The van der Waals surface area contributed by atoms with Gasteiger partial charge in [-0.05, 0) is 25.1 Å². The quantitative estimate of drug-likeness (QED) is 0.901. The molecule has 0 radical (unpaired) electrons. The molecule has 3 rings (SSSR count). The van der Waals surface area contributed by atoms with E-state index in [0.29, 0.717) is 24.8 Å². The Morgan fingerprint density at radius 3 is 2.56 bits per heavy atom. The van der Waals surface area contributed by atoms with Gasteiger partial charge in [-0.2, -0.15) is 0 Å². The van der Waals surface area contributed by atoms with Crippen molar-refractivity contribution in [3.63, 3.8) is 0 Å². The molecule has 1 aromatic carbocycles. The summed E-state index contributed by atoms with van der Waals surface area (Å²) in [6.45, 7) is 11.1. The van der Waals surface area contributed by atoms with E-state index in [9.17, 15) is 4.39 Å². The van der Waals surface area contributed by atoms with Crippen LogP contribution in [0.15, 0.2) is 28.8 Å². The fraction of sp³-hybridized carbons (Fsp3) is 0.526. The van der Waals surface area contributed by atoms with E-state index >= 15 is 0 Å². The summed E-state index contributed by atoms with van der Waals surface area (Å²) >= 11 is 0. The van der Waals surface area contributed by atoms with E-state index in [1.807, 2.05) is 13.0 Å². The van der Waals surface area contributed by atoms with Gasteiger partial charge in [-0.3, -0.25) is 0 Å². The first kappa shape index (κ1) is 17.7. The van der Waals surface area contributed by atoms with Crippen molar-refractivity contribution >= 4 is 11.4 Å². The van der Waals surface area contributed by atoms with Crippen LogP contribution in [0.4, 0.5) is 15.8 Å². The molecule has 25 heavy (non-hydrogen) atoms. The van der Waals surface area contributed by atoms with Crippen molar-refractivity contribution < 1.29 is 13.5 Å². The second-order valence-electron chi connectivity index (χ2n) is 7.48. The fourth-order valence-corrected chi connectivity index (χ4v) is 2.81. The Bertz CT molecular complexity index is 718. The fourth-order valence-electron chi connectivity index (χ4n) is 2.81. The van der Waals surface area contributed by atoms with Crippen LogP contribution in [0.2, 0.25) is 0 Å². The van der Waals surface area contributed by atoms with Gasteiger partial charge in [0, 0.05) is 29.9 Å². The first-order chi connectivity index (χ1) is 11.8.